The lowest BCUT2D eigenvalue weighted by molar-refractivity contribution is 0.102. The van der Waals surface area contributed by atoms with Crippen LogP contribution in [0, 0.1) is 0 Å². The van der Waals surface area contributed by atoms with Crippen molar-refractivity contribution in [2.75, 3.05) is 36.5 Å². The molecule has 0 atom stereocenters. The van der Waals surface area contributed by atoms with Gasteiger partial charge in [0.15, 0.2) is 5.82 Å². The van der Waals surface area contributed by atoms with E-state index in [2.05, 4.69) is 20.3 Å². The zero-order chi connectivity index (χ0) is 21.0. The summed E-state index contributed by atoms with van der Waals surface area (Å²) in [7, 11) is 0. The minimum absolute atomic E-state index is 0.173. The van der Waals surface area contributed by atoms with Crippen LogP contribution in [0.15, 0.2) is 73.1 Å². The van der Waals surface area contributed by atoms with Crippen molar-refractivity contribution in [3.05, 3.63) is 84.2 Å². The molecule has 5 rings (SSSR count). The van der Waals surface area contributed by atoms with Crippen molar-refractivity contribution in [1.29, 1.82) is 0 Å². The molecule has 1 N–H and O–H groups in total. The molecule has 1 aliphatic heterocycles. The molecule has 0 unspecified atom stereocenters. The lowest BCUT2D eigenvalue weighted by Crippen LogP contribution is -2.36. The summed E-state index contributed by atoms with van der Waals surface area (Å²) in [6, 6.07) is 19.5. The molecule has 1 saturated heterocycles. The Morgan fingerprint density at radius 3 is 2.48 bits per heavy atom. The quantitative estimate of drug-likeness (QED) is 0.542. The third kappa shape index (κ3) is 4.13. The molecule has 7 nitrogen and oxygen atoms in total. The average molecular weight is 413 g/mol. The number of ether oxygens (including phenoxy) is 1. The number of hydrogen-bond donors (Lipinski definition) is 1. The van der Waals surface area contributed by atoms with Crippen molar-refractivity contribution in [2.45, 2.75) is 6.54 Å². The summed E-state index contributed by atoms with van der Waals surface area (Å²) < 4.78 is 7.31. The SMILES string of the molecule is O=C(Nc1nn(Cc2ccncc2)c2ccccc12)c1ccc(N2CCOCC2)cc1. The number of carbonyl (C=O) groups is 1. The Morgan fingerprint density at radius 2 is 1.71 bits per heavy atom. The van der Waals surface area contributed by atoms with Gasteiger partial charge in [0, 0.05) is 42.1 Å². The van der Waals surface area contributed by atoms with E-state index in [-0.39, 0.29) is 5.91 Å². The van der Waals surface area contributed by atoms with E-state index in [4.69, 9.17) is 4.74 Å². The van der Waals surface area contributed by atoms with Crippen LogP contribution in [0.1, 0.15) is 15.9 Å². The van der Waals surface area contributed by atoms with E-state index in [1.807, 2.05) is 65.3 Å². The maximum Gasteiger partial charge on any atom is 0.256 e. The number of rotatable bonds is 5. The third-order valence-electron chi connectivity index (χ3n) is 5.48. The van der Waals surface area contributed by atoms with Gasteiger partial charge in [-0.05, 0) is 54.1 Å². The van der Waals surface area contributed by atoms with Crippen molar-refractivity contribution >= 4 is 28.3 Å². The van der Waals surface area contributed by atoms with Gasteiger partial charge in [0.2, 0.25) is 0 Å². The molecule has 156 valence electrons. The number of morpholine rings is 1. The predicted octanol–water partition coefficient (Wildman–Crippen LogP) is 3.57. The number of nitrogens with one attached hydrogen (secondary N) is 1. The van der Waals surface area contributed by atoms with Gasteiger partial charge in [0.05, 0.1) is 25.3 Å². The van der Waals surface area contributed by atoms with Crippen LogP contribution in [0.25, 0.3) is 10.9 Å². The summed E-state index contributed by atoms with van der Waals surface area (Å²) in [4.78, 5) is 19.2. The number of fused-ring (bicyclic) bond motifs is 1. The second-order valence-electron chi connectivity index (χ2n) is 7.48. The Kier molecular flexibility index (Phi) is 5.33. The zero-order valence-electron chi connectivity index (χ0n) is 17.1. The summed E-state index contributed by atoms with van der Waals surface area (Å²) in [5.74, 6) is 0.389. The van der Waals surface area contributed by atoms with E-state index >= 15 is 0 Å². The molecule has 1 amide bonds. The highest BCUT2D eigenvalue weighted by Gasteiger charge is 2.16. The number of nitrogens with zero attached hydrogens (tertiary/aromatic N) is 4. The second-order valence-corrected chi connectivity index (χ2v) is 7.48. The van der Waals surface area contributed by atoms with Gasteiger partial charge in [-0.25, -0.2) is 0 Å². The highest BCUT2D eigenvalue weighted by Crippen LogP contribution is 2.24. The topological polar surface area (TPSA) is 72.3 Å². The lowest BCUT2D eigenvalue weighted by atomic mass is 10.1. The first-order valence-electron chi connectivity index (χ1n) is 10.4. The molecular weight excluding hydrogens is 390 g/mol. The molecule has 2 aromatic heterocycles. The van der Waals surface area contributed by atoms with Crippen LogP contribution in [0.3, 0.4) is 0 Å². The Hall–Kier alpha value is -3.71. The van der Waals surface area contributed by atoms with Crippen LogP contribution in [-0.4, -0.2) is 47.0 Å². The monoisotopic (exact) mass is 413 g/mol. The molecular formula is C24H23N5O2. The van der Waals surface area contributed by atoms with Gasteiger partial charge in [-0.15, -0.1) is 0 Å². The Bertz CT molecular complexity index is 1180. The number of para-hydroxylation sites is 1. The number of carbonyl (C=O) groups excluding carboxylic acids is 1. The van der Waals surface area contributed by atoms with Gasteiger partial charge in [-0.3, -0.25) is 14.5 Å². The normalized spacial score (nSPS) is 14.0. The molecule has 0 aliphatic carbocycles. The smallest absolute Gasteiger partial charge is 0.256 e. The molecule has 31 heavy (non-hydrogen) atoms. The van der Waals surface area contributed by atoms with Crippen molar-refractivity contribution in [3.63, 3.8) is 0 Å². The van der Waals surface area contributed by atoms with Crippen LogP contribution in [0.5, 0.6) is 0 Å². The van der Waals surface area contributed by atoms with Crippen LogP contribution >= 0.6 is 0 Å². The minimum Gasteiger partial charge on any atom is -0.378 e. The van der Waals surface area contributed by atoms with Crippen LogP contribution in [0.4, 0.5) is 11.5 Å². The zero-order valence-corrected chi connectivity index (χ0v) is 17.1. The molecule has 7 heteroatoms. The number of amides is 1. The van der Waals surface area contributed by atoms with Crippen LogP contribution in [-0.2, 0) is 11.3 Å². The van der Waals surface area contributed by atoms with E-state index in [1.165, 1.54) is 0 Å². The van der Waals surface area contributed by atoms with Crippen molar-refractivity contribution in [1.82, 2.24) is 14.8 Å². The summed E-state index contributed by atoms with van der Waals surface area (Å²) in [5, 5.41) is 8.58. The molecule has 0 bridgehead atoms. The summed E-state index contributed by atoms with van der Waals surface area (Å²) in [5.41, 5.74) is 3.77. The highest BCUT2D eigenvalue weighted by atomic mass is 16.5. The Morgan fingerprint density at radius 1 is 0.968 bits per heavy atom. The van der Waals surface area contributed by atoms with Crippen molar-refractivity contribution in [3.8, 4) is 0 Å². The summed E-state index contributed by atoms with van der Waals surface area (Å²) in [6.07, 6.45) is 3.54. The predicted molar refractivity (Wildman–Crippen MR) is 120 cm³/mol. The molecule has 0 radical (unpaired) electrons. The largest absolute Gasteiger partial charge is 0.378 e. The standard InChI is InChI=1S/C24H23N5O2/c30-24(19-5-7-20(8-6-19)28-13-15-31-16-14-28)26-23-21-3-1-2-4-22(21)29(27-23)17-18-9-11-25-12-10-18/h1-12H,13-17H2,(H,26,27,30). The lowest BCUT2D eigenvalue weighted by Gasteiger charge is -2.28. The maximum atomic E-state index is 12.9. The fourth-order valence-electron chi connectivity index (χ4n) is 3.83. The van der Waals surface area contributed by atoms with E-state index in [0.717, 1.165) is 48.5 Å². The maximum absolute atomic E-state index is 12.9. The number of benzene rings is 2. The molecule has 0 saturated carbocycles. The Labute approximate surface area is 180 Å². The van der Waals surface area contributed by atoms with E-state index < -0.39 is 0 Å². The van der Waals surface area contributed by atoms with Crippen molar-refractivity contribution in [2.24, 2.45) is 0 Å². The first-order chi connectivity index (χ1) is 15.3. The molecule has 0 spiro atoms. The fraction of sp³-hybridized carbons (Fsp3) is 0.208. The molecule has 1 aliphatic rings. The number of anilines is 2. The molecule has 2 aromatic carbocycles. The number of hydrogen-bond acceptors (Lipinski definition) is 5. The second kappa shape index (κ2) is 8.57. The number of aromatic nitrogens is 3. The van der Waals surface area contributed by atoms with Crippen LogP contribution in [0.2, 0.25) is 0 Å². The Balaban J connectivity index is 1.37. The van der Waals surface area contributed by atoms with E-state index in [0.29, 0.717) is 17.9 Å². The summed E-state index contributed by atoms with van der Waals surface area (Å²) >= 11 is 0. The van der Waals surface area contributed by atoms with Gasteiger partial charge >= 0.3 is 0 Å². The third-order valence-corrected chi connectivity index (χ3v) is 5.48. The fourth-order valence-corrected chi connectivity index (χ4v) is 3.83. The van der Waals surface area contributed by atoms with Crippen molar-refractivity contribution < 1.29 is 9.53 Å². The van der Waals surface area contributed by atoms with Gasteiger partial charge in [0.1, 0.15) is 0 Å². The van der Waals surface area contributed by atoms with E-state index in [9.17, 15) is 4.79 Å². The summed E-state index contributed by atoms with van der Waals surface area (Å²) in [6.45, 7) is 3.81. The minimum atomic E-state index is -0.173. The number of pyridine rings is 1. The van der Waals surface area contributed by atoms with Gasteiger partial charge in [-0.1, -0.05) is 12.1 Å². The first kappa shape index (κ1) is 19.3. The molecule has 1 fully saturated rings. The highest BCUT2D eigenvalue weighted by molar-refractivity contribution is 6.08. The van der Waals surface area contributed by atoms with Gasteiger partial charge in [0.25, 0.3) is 5.91 Å². The first-order valence-corrected chi connectivity index (χ1v) is 10.4. The molecule has 4 aromatic rings. The molecule has 3 heterocycles. The van der Waals surface area contributed by atoms with Gasteiger partial charge in [-0.2, -0.15) is 5.10 Å². The van der Waals surface area contributed by atoms with Gasteiger partial charge < -0.3 is 15.0 Å². The van der Waals surface area contributed by atoms with E-state index in [1.54, 1.807) is 12.4 Å². The average Bonchev–Trinajstić information content (AvgIpc) is 3.17. The van der Waals surface area contributed by atoms with Crippen LogP contribution < -0.4 is 10.2 Å².